The summed E-state index contributed by atoms with van der Waals surface area (Å²) in [5, 5.41) is 2.94. The van der Waals surface area contributed by atoms with Crippen LogP contribution in [0.4, 0.5) is 11.4 Å². The maximum atomic E-state index is 13.4. The van der Waals surface area contributed by atoms with E-state index in [1.54, 1.807) is 17.0 Å². The largest absolute Gasteiger partial charge is 0.326 e. The Labute approximate surface area is 197 Å². The number of halogens is 1. The summed E-state index contributed by atoms with van der Waals surface area (Å²) in [6.07, 6.45) is 1.62. The first kappa shape index (κ1) is 22.9. The van der Waals surface area contributed by atoms with E-state index in [9.17, 15) is 18.0 Å². The predicted octanol–water partition coefficient (Wildman–Crippen LogP) is 3.71. The van der Waals surface area contributed by atoms with Gasteiger partial charge >= 0.3 is 0 Å². The second-order valence-corrected chi connectivity index (χ2v) is 11.1. The van der Waals surface area contributed by atoms with Crippen LogP contribution in [0.15, 0.2) is 45.8 Å². The van der Waals surface area contributed by atoms with Gasteiger partial charge in [-0.1, -0.05) is 12.1 Å². The minimum Gasteiger partial charge on any atom is -0.326 e. The van der Waals surface area contributed by atoms with Gasteiger partial charge in [-0.05, 0) is 77.5 Å². The van der Waals surface area contributed by atoms with Gasteiger partial charge in [-0.15, -0.1) is 0 Å². The van der Waals surface area contributed by atoms with Crippen molar-refractivity contribution in [3.63, 3.8) is 0 Å². The number of sulfonamides is 1. The highest BCUT2D eigenvalue weighted by molar-refractivity contribution is 9.10. The Morgan fingerprint density at radius 2 is 1.81 bits per heavy atom. The van der Waals surface area contributed by atoms with Crippen LogP contribution in [0.1, 0.15) is 30.9 Å². The van der Waals surface area contributed by atoms with Crippen LogP contribution in [0.25, 0.3) is 0 Å². The lowest BCUT2D eigenvalue weighted by Gasteiger charge is -2.31. The van der Waals surface area contributed by atoms with Crippen LogP contribution < -0.4 is 10.2 Å². The van der Waals surface area contributed by atoms with Gasteiger partial charge in [-0.2, -0.15) is 4.31 Å². The predicted molar refractivity (Wildman–Crippen MR) is 127 cm³/mol. The van der Waals surface area contributed by atoms with Gasteiger partial charge in [0.25, 0.3) is 0 Å². The van der Waals surface area contributed by atoms with Crippen molar-refractivity contribution in [1.82, 2.24) is 4.31 Å². The van der Waals surface area contributed by atoms with Crippen molar-refractivity contribution >= 4 is 49.1 Å². The van der Waals surface area contributed by atoms with Gasteiger partial charge in [0.15, 0.2) is 0 Å². The molecule has 170 valence electrons. The third-order valence-corrected chi connectivity index (χ3v) is 8.99. The molecule has 2 aromatic carbocycles. The molecule has 4 rings (SSSR count). The SMILES string of the molecule is CC(=O)N1CCc2cc(Br)c(S(=O)(=O)N3CCC(C(=O)Nc4cccc(C)c4)CC3)cc21. The van der Waals surface area contributed by atoms with Crippen molar-refractivity contribution in [1.29, 1.82) is 0 Å². The molecular weight excluding hydrogens is 494 g/mol. The maximum Gasteiger partial charge on any atom is 0.244 e. The van der Waals surface area contributed by atoms with E-state index in [-0.39, 0.29) is 35.7 Å². The van der Waals surface area contributed by atoms with Crippen LogP contribution in [0.2, 0.25) is 0 Å². The Bertz CT molecular complexity index is 1170. The van der Waals surface area contributed by atoms with Gasteiger partial charge in [0, 0.05) is 48.3 Å². The van der Waals surface area contributed by atoms with Crippen molar-refractivity contribution in [2.45, 2.75) is 38.0 Å². The molecule has 0 aromatic heterocycles. The normalized spacial score (nSPS) is 17.3. The molecule has 2 aliphatic rings. The molecule has 0 aliphatic carbocycles. The Balaban J connectivity index is 1.47. The highest BCUT2D eigenvalue weighted by Gasteiger charge is 2.35. The average molecular weight is 520 g/mol. The molecule has 2 heterocycles. The molecule has 0 atom stereocenters. The number of piperidine rings is 1. The Kier molecular flexibility index (Phi) is 6.42. The summed E-state index contributed by atoms with van der Waals surface area (Å²) >= 11 is 3.41. The number of nitrogens with zero attached hydrogens (tertiary/aromatic N) is 2. The minimum atomic E-state index is -3.76. The standard InChI is InChI=1S/C23H26BrN3O4S/c1-15-4-3-5-19(12-15)25-23(29)17-6-9-26(10-7-17)32(30,31)22-14-21-18(13-20(22)24)8-11-27(21)16(2)28/h3-5,12-14,17H,6-11H2,1-2H3,(H,25,29). The molecule has 2 amide bonds. The number of hydrogen-bond donors (Lipinski definition) is 1. The van der Waals surface area contributed by atoms with E-state index >= 15 is 0 Å². The fraction of sp³-hybridized carbons (Fsp3) is 0.391. The molecule has 0 bridgehead atoms. The Hall–Kier alpha value is -2.23. The van der Waals surface area contributed by atoms with Gasteiger partial charge < -0.3 is 10.2 Å². The topological polar surface area (TPSA) is 86.8 Å². The van der Waals surface area contributed by atoms with E-state index < -0.39 is 10.0 Å². The second-order valence-electron chi connectivity index (χ2n) is 8.37. The number of fused-ring (bicyclic) bond motifs is 1. The van der Waals surface area contributed by atoms with Gasteiger partial charge in [0.1, 0.15) is 0 Å². The molecule has 0 unspecified atom stereocenters. The van der Waals surface area contributed by atoms with Crippen molar-refractivity contribution in [2.75, 3.05) is 29.9 Å². The molecule has 2 aromatic rings. The molecule has 2 aliphatic heterocycles. The first-order valence-corrected chi connectivity index (χ1v) is 12.9. The minimum absolute atomic E-state index is 0.0801. The lowest BCUT2D eigenvalue weighted by Crippen LogP contribution is -2.41. The van der Waals surface area contributed by atoms with Gasteiger partial charge in [0.2, 0.25) is 21.8 Å². The number of hydrogen-bond acceptors (Lipinski definition) is 4. The van der Waals surface area contributed by atoms with Crippen LogP contribution >= 0.6 is 15.9 Å². The average Bonchev–Trinajstić information content (AvgIpc) is 3.16. The summed E-state index contributed by atoms with van der Waals surface area (Å²) in [5.41, 5.74) is 3.43. The molecule has 1 fully saturated rings. The molecule has 32 heavy (non-hydrogen) atoms. The third-order valence-electron chi connectivity index (χ3n) is 6.14. The number of amides is 2. The summed E-state index contributed by atoms with van der Waals surface area (Å²) < 4.78 is 28.7. The molecule has 0 spiro atoms. The second kappa shape index (κ2) is 8.96. The first-order chi connectivity index (χ1) is 15.2. The van der Waals surface area contributed by atoms with Crippen molar-refractivity contribution < 1.29 is 18.0 Å². The van der Waals surface area contributed by atoms with Crippen molar-refractivity contribution in [3.8, 4) is 0 Å². The van der Waals surface area contributed by atoms with Crippen LogP contribution in [-0.2, 0) is 26.0 Å². The molecule has 9 heteroatoms. The summed E-state index contributed by atoms with van der Waals surface area (Å²) in [5.74, 6) is -0.419. The molecule has 1 saturated heterocycles. The van der Waals surface area contributed by atoms with E-state index in [1.165, 1.54) is 11.2 Å². The Morgan fingerprint density at radius 3 is 2.47 bits per heavy atom. The number of nitrogens with one attached hydrogen (secondary N) is 1. The van der Waals surface area contributed by atoms with Crippen LogP contribution in [0, 0.1) is 12.8 Å². The van der Waals surface area contributed by atoms with Crippen LogP contribution in [0.5, 0.6) is 0 Å². The molecule has 7 nitrogen and oxygen atoms in total. The van der Waals surface area contributed by atoms with Crippen molar-refractivity contribution in [3.05, 3.63) is 52.0 Å². The summed E-state index contributed by atoms with van der Waals surface area (Å²) in [6, 6.07) is 11.0. The Morgan fingerprint density at radius 1 is 1.09 bits per heavy atom. The molecule has 1 N–H and O–H groups in total. The number of rotatable bonds is 4. The van der Waals surface area contributed by atoms with Gasteiger partial charge in [-0.25, -0.2) is 8.42 Å². The summed E-state index contributed by atoms with van der Waals surface area (Å²) in [7, 11) is -3.76. The fourth-order valence-corrected chi connectivity index (χ4v) is 6.92. The monoisotopic (exact) mass is 519 g/mol. The highest BCUT2D eigenvalue weighted by atomic mass is 79.9. The van der Waals surface area contributed by atoms with Crippen LogP contribution in [0.3, 0.4) is 0 Å². The lowest BCUT2D eigenvalue weighted by atomic mass is 9.97. The van der Waals surface area contributed by atoms with Crippen LogP contribution in [-0.4, -0.2) is 44.2 Å². The zero-order valence-corrected chi connectivity index (χ0v) is 20.5. The fourth-order valence-electron chi connectivity index (χ4n) is 4.38. The number of benzene rings is 2. The number of anilines is 2. The smallest absolute Gasteiger partial charge is 0.244 e. The first-order valence-electron chi connectivity index (χ1n) is 10.6. The van der Waals surface area contributed by atoms with E-state index in [0.717, 1.165) is 16.8 Å². The summed E-state index contributed by atoms with van der Waals surface area (Å²) in [6.45, 7) is 4.55. The maximum absolute atomic E-state index is 13.4. The number of carbonyl (C=O) groups is 2. The van der Waals surface area contributed by atoms with E-state index in [4.69, 9.17) is 0 Å². The van der Waals surface area contributed by atoms with Gasteiger partial charge in [0.05, 0.1) is 4.90 Å². The molecular formula is C23H26BrN3O4S. The third kappa shape index (κ3) is 4.46. The quantitative estimate of drug-likeness (QED) is 0.666. The van der Waals surface area contributed by atoms with E-state index in [1.807, 2.05) is 31.2 Å². The number of aryl methyl sites for hydroxylation is 1. The van der Waals surface area contributed by atoms with E-state index in [2.05, 4.69) is 21.2 Å². The highest BCUT2D eigenvalue weighted by Crippen LogP contribution is 2.37. The summed E-state index contributed by atoms with van der Waals surface area (Å²) in [4.78, 5) is 26.4. The molecule has 0 saturated carbocycles. The molecule has 0 radical (unpaired) electrons. The van der Waals surface area contributed by atoms with Gasteiger partial charge in [-0.3, -0.25) is 9.59 Å². The zero-order chi connectivity index (χ0) is 23.0. The lowest BCUT2D eigenvalue weighted by molar-refractivity contribution is -0.121. The van der Waals surface area contributed by atoms with E-state index in [0.29, 0.717) is 36.0 Å². The van der Waals surface area contributed by atoms with Crippen molar-refractivity contribution in [2.24, 2.45) is 5.92 Å². The number of carbonyl (C=O) groups excluding carboxylic acids is 2. The zero-order valence-electron chi connectivity index (χ0n) is 18.1.